The number of ether oxygens (including phenoxy) is 1. The van der Waals surface area contributed by atoms with Gasteiger partial charge in [-0.2, -0.15) is 0 Å². The molecule has 2 unspecified atom stereocenters. The molecule has 0 radical (unpaired) electrons. The van der Waals surface area contributed by atoms with Crippen molar-refractivity contribution in [1.29, 1.82) is 0 Å². The number of esters is 1. The van der Waals surface area contributed by atoms with Gasteiger partial charge in [0.1, 0.15) is 0 Å². The Bertz CT molecular complexity index is 1470. The SMILES string of the molecule is CCCCCCCCC/C=C\CCCCCCCC(=O)OCCCCCCCCCCCCC/C=C\C/C=C\CCCCCCCCCCCCCCCCCCCC(=O)NC(CO)C(O)CCCCCCCCCCCCCCCCCCCCCCCCC. The van der Waals surface area contributed by atoms with E-state index in [4.69, 9.17) is 4.74 Å². The highest BCUT2D eigenvalue weighted by Gasteiger charge is 2.20. The van der Waals surface area contributed by atoms with E-state index >= 15 is 0 Å². The second-order valence-corrected chi connectivity index (χ2v) is 28.8. The maximum atomic E-state index is 12.6. The maximum absolute atomic E-state index is 12.6. The summed E-state index contributed by atoms with van der Waals surface area (Å²) in [6.45, 7) is 5.00. The van der Waals surface area contributed by atoms with Gasteiger partial charge in [0.15, 0.2) is 0 Å². The van der Waals surface area contributed by atoms with Crippen LogP contribution in [0.3, 0.4) is 0 Å². The Morgan fingerprint density at radius 3 is 0.846 bits per heavy atom. The first-order valence-corrected chi connectivity index (χ1v) is 41.7. The van der Waals surface area contributed by atoms with Crippen LogP contribution < -0.4 is 5.32 Å². The minimum Gasteiger partial charge on any atom is -0.466 e. The highest BCUT2D eigenvalue weighted by Crippen LogP contribution is 2.20. The van der Waals surface area contributed by atoms with E-state index in [1.165, 1.54) is 385 Å². The number of aliphatic hydroxyl groups is 2. The molecular formula is C85H163NO5. The van der Waals surface area contributed by atoms with Crippen molar-refractivity contribution in [3.05, 3.63) is 36.5 Å². The standard InChI is InChI=1S/C85H163NO5/c1-3-5-7-9-11-13-15-17-19-21-22-23-37-40-43-46-49-53-57-61-65-69-73-77-83(88)82(81-87)86-84(89)78-74-70-66-62-58-54-50-47-44-41-38-35-33-31-29-27-25-24-26-28-30-32-34-36-39-42-45-48-52-56-60-64-68-72-76-80-91-85(90)79-75-71-67-63-59-55-51-20-18-16-14-12-10-8-6-4-2/h20,26,28,32,34,51,82-83,87-88H,3-19,21-25,27,29-31,33,35-50,52-81H2,1-2H3,(H,86,89)/b28-26-,34-32-,51-20-. The van der Waals surface area contributed by atoms with Crippen molar-refractivity contribution in [2.24, 2.45) is 0 Å². The molecule has 2 atom stereocenters. The molecule has 0 aliphatic carbocycles. The molecule has 0 aliphatic heterocycles. The van der Waals surface area contributed by atoms with Gasteiger partial charge in [-0.25, -0.2) is 0 Å². The molecule has 0 aliphatic rings. The average molecular weight is 1280 g/mol. The summed E-state index contributed by atoms with van der Waals surface area (Å²) in [5, 5.41) is 23.5. The first-order valence-electron chi connectivity index (χ1n) is 41.7. The minimum absolute atomic E-state index is 0.0103. The van der Waals surface area contributed by atoms with Crippen LogP contribution in [0.1, 0.15) is 470 Å². The molecule has 91 heavy (non-hydrogen) atoms. The molecular weight excluding hydrogens is 1110 g/mol. The molecule has 6 heteroatoms. The van der Waals surface area contributed by atoms with Crippen LogP contribution in [0.15, 0.2) is 36.5 Å². The summed E-state index contributed by atoms with van der Waals surface area (Å²) >= 11 is 0. The summed E-state index contributed by atoms with van der Waals surface area (Å²) < 4.78 is 5.50. The van der Waals surface area contributed by atoms with Crippen LogP contribution in [0, 0.1) is 0 Å². The van der Waals surface area contributed by atoms with Gasteiger partial charge in [-0.3, -0.25) is 9.59 Å². The third kappa shape index (κ3) is 77.0. The zero-order chi connectivity index (χ0) is 65.6. The molecule has 1 amide bonds. The first kappa shape index (κ1) is 89.1. The van der Waals surface area contributed by atoms with Gasteiger partial charge < -0.3 is 20.3 Å². The molecule has 6 nitrogen and oxygen atoms in total. The number of hydrogen-bond donors (Lipinski definition) is 3. The van der Waals surface area contributed by atoms with Crippen molar-refractivity contribution in [3.63, 3.8) is 0 Å². The minimum atomic E-state index is -0.664. The lowest BCUT2D eigenvalue weighted by Gasteiger charge is -2.22. The van der Waals surface area contributed by atoms with E-state index < -0.39 is 12.1 Å². The van der Waals surface area contributed by atoms with Gasteiger partial charge in [0.25, 0.3) is 0 Å². The largest absolute Gasteiger partial charge is 0.466 e. The fraction of sp³-hybridized carbons (Fsp3) is 0.906. The predicted molar refractivity (Wildman–Crippen MR) is 403 cm³/mol. The highest BCUT2D eigenvalue weighted by molar-refractivity contribution is 5.76. The number of amides is 1. The Balaban J connectivity index is 3.37. The van der Waals surface area contributed by atoms with Crippen LogP contribution >= 0.6 is 0 Å². The summed E-state index contributed by atoms with van der Waals surface area (Å²) in [5.74, 6) is -0.0168. The quantitative estimate of drug-likeness (QED) is 0.0320. The zero-order valence-electron chi connectivity index (χ0n) is 61.9. The molecule has 0 bridgehead atoms. The number of nitrogens with one attached hydrogen (secondary N) is 1. The Morgan fingerprint density at radius 2 is 0.549 bits per heavy atom. The van der Waals surface area contributed by atoms with E-state index in [2.05, 4.69) is 55.6 Å². The number of aliphatic hydroxyl groups excluding tert-OH is 2. The van der Waals surface area contributed by atoms with Crippen LogP contribution in [0.25, 0.3) is 0 Å². The van der Waals surface area contributed by atoms with Crippen LogP contribution in [-0.4, -0.2) is 47.4 Å². The summed E-state index contributed by atoms with van der Waals surface area (Å²) in [4.78, 5) is 24.7. The highest BCUT2D eigenvalue weighted by atomic mass is 16.5. The number of carbonyl (C=O) groups excluding carboxylic acids is 2. The maximum Gasteiger partial charge on any atom is 0.305 e. The van der Waals surface area contributed by atoms with E-state index in [0.29, 0.717) is 25.9 Å². The van der Waals surface area contributed by atoms with Crippen LogP contribution in [-0.2, 0) is 14.3 Å². The molecule has 0 saturated carbocycles. The van der Waals surface area contributed by atoms with Gasteiger partial charge in [0, 0.05) is 12.8 Å². The number of allylic oxidation sites excluding steroid dienone is 6. The molecule has 0 spiro atoms. The Hall–Kier alpha value is -1.92. The topological polar surface area (TPSA) is 95.9 Å². The summed E-state index contributed by atoms with van der Waals surface area (Å²) in [5.41, 5.74) is 0. The van der Waals surface area contributed by atoms with Crippen molar-refractivity contribution >= 4 is 11.9 Å². The molecule has 0 aromatic heterocycles. The van der Waals surface area contributed by atoms with E-state index in [1.54, 1.807) is 0 Å². The lowest BCUT2D eigenvalue weighted by Crippen LogP contribution is -2.45. The lowest BCUT2D eigenvalue weighted by molar-refractivity contribution is -0.143. The van der Waals surface area contributed by atoms with Crippen molar-refractivity contribution in [2.45, 2.75) is 482 Å². The Kier molecular flexibility index (Phi) is 78.8. The van der Waals surface area contributed by atoms with Gasteiger partial charge >= 0.3 is 5.97 Å². The number of hydrogen-bond acceptors (Lipinski definition) is 5. The molecule has 3 N–H and O–H groups in total. The molecule has 0 heterocycles. The smallest absolute Gasteiger partial charge is 0.305 e. The first-order chi connectivity index (χ1) is 45.0. The van der Waals surface area contributed by atoms with Crippen LogP contribution in [0.5, 0.6) is 0 Å². The summed E-state index contributed by atoms with van der Waals surface area (Å²) in [7, 11) is 0. The van der Waals surface area contributed by atoms with Crippen molar-refractivity contribution < 1.29 is 24.5 Å². The number of rotatable bonds is 79. The molecule has 0 aromatic rings. The summed E-state index contributed by atoms with van der Waals surface area (Å²) in [6.07, 6.45) is 105. The fourth-order valence-corrected chi connectivity index (χ4v) is 13.3. The predicted octanol–water partition coefficient (Wildman–Crippen LogP) is 27.8. The molecule has 0 aromatic carbocycles. The summed E-state index contributed by atoms with van der Waals surface area (Å²) in [6, 6.07) is -0.541. The molecule has 0 saturated heterocycles. The third-order valence-electron chi connectivity index (χ3n) is 19.7. The number of carbonyl (C=O) groups is 2. The van der Waals surface area contributed by atoms with E-state index in [-0.39, 0.29) is 18.5 Å². The van der Waals surface area contributed by atoms with Crippen molar-refractivity contribution in [2.75, 3.05) is 13.2 Å². The molecule has 0 rings (SSSR count). The van der Waals surface area contributed by atoms with Gasteiger partial charge in [-0.1, -0.05) is 410 Å². The fourth-order valence-electron chi connectivity index (χ4n) is 13.3. The molecule has 0 fully saturated rings. The van der Waals surface area contributed by atoms with Crippen LogP contribution in [0.2, 0.25) is 0 Å². The van der Waals surface area contributed by atoms with Gasteiger partial charge in [0.05, 0.1) is 25.4 Å². The van der Waals surface area contributed by atoms with E-state index in [9.17, 15) is 19.8 Å². The van der Waals surface area contributed by atoms with Gasteiger partial charge in [0.2, 0.25) is 5.91 Å². The average Bonchev–Trinajstić information content (AvgIpc) is 3.75. The van der Waals surface area contributed by atoms with Crippen molar-refractivity contribution in [3.8, 4) is 0 Å². The van der Waals surface area contributed by atoms with E-state index in [1.807, 2.05) is 0 Å². The van der Waals surface area contributed by atoms with Gasteiger partial charge in [-0.15, -0.1) is 0 Å². The van der Waals surface area contributed by atoms with Gasteiger partial charge in [-0.05, 0) is 83.5 Å². The number of unbranched alkanes of at least 4 members (excludes halogenated alkanes) is 62. The normalized spacial score (nSPS) is 12.6. The van der Waals surface area contributed by atoms with Crippen LogP contribution in [0.4, 0.5) is 0 Å². The zero-order valence-corrected chi connectivity index (χ0v) is 61.9. The van der Waals surface area contributed by atoms with E-state index in [0.717, 1.165) is 51.4 Å². The second-order valence-electron chi connectivity index (χ2n) is 28.8. The third-order valence-corrected chi connectivity index (χ3v) is 19.7. The monoisotopic (exact) mass is 1280 g/mol. The molecule has 538 valence electrons. The Labute approximate surface area is 570 Å². The lowest BCUT2D eigenvalue weighted by atomic mass is 10.0. The Morgan fingerprint density at radius 1 is 0.308 bits per heavy atom. The second kappa shape index (κ2) is 80.5. The van der Waals surface area contributed by atoms with Crippen molar-refractivity contribution in [1.82, 2.24) is 5.32 Å².